The van der Waals surface area contributed by atoms with Crippen LogP contribution < -0.4 is 18.9 Å². The molecule has 0 aliphatic heterocycles. The van der Waals surface area contributed by atoms with Crippen LogP contribution in [0.1, 0.15) is 34.8 Å². The van der Waals surface area contributed by atoms with Gasteiger partial charge in [-0.15, -0.1) is 0 Å². The summed E-state index contributed by atoms with van der Waals surface area (Å²) in [5.41, 5.74) is 3.54. The second kappa shape index (κ2) is 10.8. The van der Waals surface area contributed by atoms with Gasteiger partial charge in [-0.1, -0.05) is 30.3 Å². The topological polar surface area (TPSA) is 77.4 Å². The fraction of sp³-hybridized carbons (Fsp3) is 0.308. The summed E-state index contributed by atoms with van der Waals surface area (Å²) >= 11 is 0. The number of phenols is 1. The molecule has 0 heterocycles. The largest absolute Gasteiger partial charge is 0.507 e. The second-order valence-corrected chi connectivity index (χ2v) is 7.52. The number of ether oxygens (including phenoxy) is 4. The Kier molecular flexibility index (Phi) is 7.84. The Balaban J connectivity index is 1.75. The van der Waals surface area contributed by atoms with E-state index in [4.69, 9.17) is 18.9 Å². The summed E-state index contributed by atoms with van der Waals surface area (Å²) in [7, 11) is 4.63. The summed E-state index contributed by atoms with van der Waals surface area (Å²) in [5.74, 6) is 2.15. The van der Waals surface area contributed by atoms with Gasteiger partial charge < -0.3 is 29.2 Å². The van der Waals surface area contributed by atoms with Gasteiger partial charge in [0.15, 0.2) is 23.0 Å². The number of phenolic OH excluding ortho intramolecular Hbond substituents is 1. The normalized spacial score (nSPS) is 11.7. The van der Waals surface area contributed by atoms with Crippen molar-refractivity contribution in [1.29, 1.82) is 0 Å². The zero-order chi connectivity index (χ0) is 23.1. The molecule has 0 aliphatic carbocycles. The fourth-order valence-corrected chi connectivity index (χ4v) is 3.58. The molecule has 1 atom stereocenters. The van der Waals surface area contributed by atoms with Crippen molar-refractivity contribution < 1.29 is 29.2 Å². The molecule has 6 nitrogen and oxygen atoms in total. The molecule has 0 spiro atoms. The van der Waals surface area contributed by atoms with Gasteiger partial charge in [0.2, 0.25) is 0 Å². The Morgan fingerprint density at radius 1 is 0.812 bits per heavy atom. The number of aliphatic hydroxyl groups is 1. The van der Waals surface area contributed by atoms with Gasteiger partial charge in [-0.3, -0.25) is 0 Å². The summed E-state index contributed by atoms with van der Waals surface area (Å²) in [5, 5.41) is 21.1. The van der Waals surface area contributed by atoms with Crippen molar-refractivity contribution in [2.75, 3.05) is 21.3 Å². The quantitative estimate of drug-likeness (QED) is 0.465. The highest BCUT2D eigenvalue weighted by Crippen LogP contribution is 2.38. The van der Waals surface area contributed by atoms with Crippen molar-refractivity contribution in [2.45, 2.75) is 32.5 Å². The van der Waals surface area contributed by atoms with E-state index < -0.39 is 6.10 Å². The minimum atomic E-state index is -0.870. The number of aryl methyl sites for hydroxylation is 2. The first-order chi connectivity index (χ1) is 15.5. The number of aromatic hydroxyl groups is 1. The smallest absolute Gasteiger partial charge is 0.164 e. The number of hydrogen-bond donors (Lipinski definition) is 2. The lowest BCUT2D eigenvalue weighted by Gasteiger charge is -2.18. The SMILES string of the molecule is COc1cc(O)c(C(O)CCc2cc(OCc3ccccc3)c(OC)cc2C)cc1OC. The van der Waals surface area contributed by atoms with Crippen LogP contribution in [0.2, 0.25) is 0 Å². The van der Waals surface area contributed by atoms with Crippen LogP contribution in [0.15, 0.2) is 54.6 Å². The average Bonchev–Trinajstić information content (AvgIpc) is 2.82. The minimum absolute atomic E-state index is 0.0338. The summed E-state index contributed by atoms with van der Waals surface area (Å²) < 4.78 is 22.0. The van der Waals surface area contributed by atoms with E-state index in [1.54, 1.807) is 13.2 Å². The van der Waals surface area contributed by atoms with E-state index in [1.165, 1.54) is 20.3 Å². The molecule has 0 saturated carbocycles. The Labute approximate surface area is 189 Å². The van der Waals surface area contributed by atoms with Crippen LogP contribution in [0, 0.1) is 6.92 Å². The van der Waals surface area contributed by atoms with Crippen LogP contribution in [0.3, 0.4) is 0 Å². The predicted octanol–water partition coefficient (Wildman–Crippen LogP) is 4.97. The van der Waals surface area contributed by atoms with Crippen molar-refractivity contribution in [1.82, 2.24) is 0 Å². The molecule has 0 fully saturated rings. The third-order valence-electron chi connectivity index (χ3n) is 5.44. The van der Waals surface area contributed by atoms with Gasteiger partial charge >= 0.3 is 0 Å². The Morgan fingerprint density at radius 2 is 1.44 bits per heavy atom. The lowest BCUT2D eigenvalue weighted by Crippen LogP contribution is -2.04. The van der Waals surface area contributed by atoms with Crippen LogP contribution >= 0.6 is 0 Å². The molecule has 0 saturated heterocycles. The van der Waals surface area contributed by atoms with Gasteiger partial charge in [0, 0.05) is 11.6 Å². The van der Waals surface area contributed by atoms with E-state index in [0.29, 0.717) is 48.0 Å². The van der Waals surface area contributed by atoms with Crippen molar-refractivity contribution in [3.05, 3.63) is 76.9 Å². The van der Waals surface area contributed by atoms with E-state index in [-0.39, 0.29) is 5.75 Å². The summed E-state index contributed by atoms with van der Waals surface area (Å²) in [6.45, 7) is 2.43. The predicted molar refractivity (Wildman–Crippen MR) is 123 cm³/mol. The molecule has 0 radical (unpaired) electrons. The standard InChI is InChI=1S/C26H30O6/c1-17-12-23(29-2)26(32-16-18-8-6-5-7-9-18)13-19(17)10-11-21(27)20-14-24(30-3)25(31-4)15-22(20)28/h5-9,12-15,21,27-28H,10-11,16H2,1-4H3. The molecule has 3 rings (SSSR count). The number of benzene rings is 3. The highest BCUT2D eigenvalue weighted by Gasteiger charge is 2.18. The maximum absolute atomic E-state index is 10.7. The van der Waals surface area contributed by atoms with Crippen LogP contribution in [-0.2, 0) is 13.0 Å². The molecule has 0 bridgehead atoms. The molecule has 3 aromatic rings. The minimum Gasteiger partial charge on any atom is -0.507 e. The number of aliphatic hydroxyl groups excluding tert-OH is 1. The number of rotatable bonds is 10. The van der Waals surface area contributed by atoms with E-state index in [1.807, 2.05) is 49.4 Å². The van der Waals surface area contributed by atoms with Crippen LogP contribution in [0.5, 0.6) is 28.7 Å². The van der Waals surface area contributed by atoms with Gasteiger partial charge in [-0.05, 0) is 54.7 Å². The van der Waals surface area contributed by atoms with Gasteiger partial charge in [0.1, 0.15) is 12.4 Å². The molecule has 3 aromatic carbocycles. The van der Waals surface area contributed by atoms with Crippen LogP contribution in [-0.4, -0.2) is 31.5 Å². The summed E-state index contributed by atoms with van der Waals surface area (Å²) in [6.07, 6.45) is 0.130. The van der Waals surface area contributed by atoms with Crippen molar-refractivity contribution >= 4 is 0 Å². The Bertz CT molecular complexity index is 1030. The fourth-order valence-electron chi connectivity index (χ4n) is 3.58. The third kappa shape index (κ3) is 5.45. The van der Waals surface area contributed by atoms with Gasteiger partial charge in [-0.25, -0.2) is 0 Å². The first-order valence-electron chi connectivity index (χ1n) is 10.4. The lowest BCUT2D eigenvalue weighted by atomic mass is 9.97. The van der Waals surface area contributed by atoms with Gasteiger partial charge in [-0.2, -0.15) is 0 Å². The maximum atomic E-state index is 10.7. The lowest BCUT2D eigenvalue weighted by molar-refractivity contribution is 0.163. The van der Waals surface area contributed by atoms with E-state index in [9.17, 15) is 10.2 Å². The third-order valence-corrected chi connectivity index (χ3v) is 5.44. The molecule has 0 aliphatic rings. The molecule has 2 N–H and O–H groups in total. The Hall–Kier alpha value is -3.38. The second-order valence-electron chi connectivity index (χ2n) is 7.52. The zero-order valence-corrected chi connectivity index (χ0v) is 18.9. The van der Waals surface area contributed by atoms with E-state index >= 15 is 0 Å². The van der Waals surface area contributed by atoms with Gasteiger partial charge in [0.05, 0.1) is 27.4 Å². The van der Waals surface area contributed by atoms with Crippen molar-refractivity contribution in [2.24, 2.45) is 0 Å². The molecule has 0 aromatic heterocycles. The average molecular weight is 439 g/mol. The maximum Gasteiger partial charge on any atom is 0.164 e. The summed E-state index contributed by atoms with van der Waals surface area (Å²) in [4.78, 5) is 0. The Morgan fingerprint density at radius 3 is 2.09 bits per heavy atom. The van der Waals surface area contributed by atoms with Crippen LogP contribution in [0.4, 0.5) is 0 Å². The molecular weight excluding hydrogens is 408 g/mol. The summed E-state index contributed by atoms with van der Waals surface area (Å²) in [6, 6.07) is 16.9. The van der Waals surface area contributed by atoms with E-state index in [2.05, 4.69) is 0 Å². The van der Waals surface area contributed by atoms with Crippen molar-refractivity contribution in [3.8, 4) is 28.7 Å². The van der Waals surface area contributed by atoms with Crippen LogP contribution in [0.25, 0.3) is 0 Å². The molecule has 6 heteroatoms. The number of methoxy groups -OCH3 is 3. The van der Waals surface area contributed by atoms with Crippen molar-refractivity contribution in [3.63, 3.8) is 0 Å². The first-order valence-corrected chi connectivity index (χ1v) is 10.4. The van der Waals surface area contributed by atoms with Gasteiger partial charge in [0.25, 0.3) is 0 Å². The monoisotopic (exact) mass is 438 g/mol. The number of hydrogen-bond acceptors (Lipinski definition) is 6. The molecule has 170 valence electrons. The molecular formula is C26H30O6. The van der Waals surface area contributed by atoms with E-state index in [0.717, 1.165) is 16.7 Å². The first kappa shape index (κ1) is 23.3. The molecule has 0 amide bonds. The molecule has 1 unspecified atom stereocenters. The zero-order valence-electron chi connectivity index (χ0n) is 18.9. The highest BCUT2D eigenvalue weighted by molar-refractivity contribution is 5.51. The molecule has 32 heavy (non-hydrogen) atoms. The highest BCUT2D eigenvalue weighted by atomic mass is 16.5.